The molecule has 3 fully saturated rings. The van der Waals surface area contributed by atoms with Gasteiger partial charge < -0.3 is 15.1 Å². The average molecular weight is 384 g/mol. The highest BCUT2D eigenvalue weighted by atomic mass is 35.5. The molecule has 0 saturated carbocycles. The van der Waals surface area contributed by atoms with Crippen molar-refractivity contribution < 1.29 is 4.79 Å². The van der Waals surface area contributed by atoms with Crippen molar-refractivity contribution in [3.05, 3.63) is 53.7 Å². The van der Waals surface area contributed by atoms with Crippen molar-refractivity contribution >= 4 is 29.8 Å². The fourth-order valence-corrected chi connectivity index (χ4v) is 3.72. The number of nitriles is 1. The third kappa shape index (κ3) is 4.21. The quantitative estimate of drug-likeness (QED) is 0.882. The van der Waals surface area contributed by atoms with Crippen molar-refractivity contribution in [1.29, 1.82) is 5.26 Å². The van der Waals surface area contributed by atoms with Crippen LogP contribution < -0.4 is 10.2 Å². The molecule has 0 aliphatic carbocycles. The summed E-state index contributed by atoms with van der Waals surface area (Å²) in [5, 5.41) is 11.7. The van der Waals surface area contributed by atoms with E-state index in [4.69, 9.17) is 5.26 Å². The van der Waals surface area contributed by atoms with Gasteiger partial charge in [-0.1, -0.05) is 0 Å². The summed E-state index contributed by atoms with van der Waals surface area (Å²) in [6, 6.07) is 13.1. The summed E-state index contributed by atoms with van der Waals surface area (Å²) in [7, 11) is 0. The van der Waals surface area contributed by atoms with Crippen LogP contribution in [0.4, 0.5) is 11.5 Å². The van der Waals surface area contributed by atoms with Gasteiger partial charge in [0.1, 0.15) is 5.82 Å². The number of aromatic nitrogens is 1. The second-order valence-corrected chi connectivity index (χ2v) is 6.81. The molecule has 3 aliphatic rings. The molecule has 3 saturated heterocycles. The average Bonchev–Trinajstić information content (AvgIpc) is 3.02. The molecule has 5 rings (SSSR count). The molecule has 7 heteroatoms. The number of benzene rings is 1. The van der Waals surface area contributed by atoms with Gasteiger partial charge in [0, 0.05) is 37.8 Å². The zero-order chi connectivity index (χ0) is 17.9. The van der Waals surface area contributed by atoms with Crippen LogP contribution in [0.2, 0.25) is 0 Å². The highest BCUT2D eigenvalue weighted by Gasteiger charge is 2.29. The number of hydrogen-bond acceptors (Lipinski definition) is 5. The van der Waals surface area contributed by atoms with Crippen molar-refractivity contribution in [3.63, 3.8) is 0 Å². The number of nitrogens with one attached hydrogen (secondary N) is 1. The highest BCUT2D eigenvalue weighted by Crippen LogP contribution is 2.26. The lowest BCUT2D eigenvalue weighted by molar-refractivity contribution is 0.102. The van der Waals surface area contributed by atoms with Crippen LogP contribution in [0.1, 0.15) is 28.8 Å². The fraction of sp³-hybridized carbons (Fsp3) is 0.350. The lowest BCUT2D eigenvalue weighted by Crippen LogP contribution is -2.38. The van der Waals surface area contributed by atoms with Crippen LogP contribution in [-0.4, -0.2) is 48.0 Å². The minimum atomic E-state index is -0.203. The first-order valence-corrected chi connectivity index (χ1v) is 8.99. The van der Waals surface area contributed by atoms with Crippen LogP contribution in [0, 0.1) is 11.3 Å². The Labute approximate surface area is 165 Å². The SMILES string of the molecule is Cl.N#Cc1ccc(C(=O)Nc2ccc(N3CCN4CCC3CC4)nc2)cc1. The summed E-state index contributed by atoms with van der Waals surface area (Å²) in [6.07, 6.45) is 4.10. The Bertz CT molecular complexity index is 823. The monoisotopic (exact) mass is 383 g/mol. The third-order valence-corrected chi connectivity index (χ3v) is 5.23. The maximum Gasteiger partial charge on any atom is 0.255 e. The van der Waals surface area contributed by atoms with Crippen LogP contribution in [0.15, 0.2) is 42.6 Å². The van der Waals surface area contributed by atoms with Crippen LogP contribution in [0.5, 0.6) is 0 Å². The number of carbonyl (C=O) groups excluding carboxylic acids is 1. The van der Waals surface area contributed by atoms with Crippen LogP contribution in [0.3, 0.4) is 0 Å². The fourth-order valence-electron chi connectivity index (χ4n) is 3.72. The van der Waals surface area contributed by atoms with Crippen molar-refractivity contribution in [2.75, 3.05) is 36.4 Å². The molecule has 0 unspecified atom stereocenters. The number of anilines is 2. The molecular weight excluding hydrogens is 362 g/mol. The van der Waals surface area contributed by atoms with Gasteiger partial charge >= 0.3 is 0 Å². The molecule has 1 aromatic heterocycles. The van der Waals surface area contributed by atoms with Gasteiger partial charge in [-0.3, -0.25) is 4.79 Å². The molecule has 2 bridgehead atoms. The summed E-state index contributed by atoms with van der Waals surface area (Å²) in [5.41, 5.74) is 1.73. The third-order valence-electron chi connectivity index (χ3n) is 5.23. The van der Waals surface area contributed by atoms with Crippen LogP contribution in [-0.2, 0) is 0 Å². The summed E-state index contributed by atoms with van der Waals surface area (Å²) in [6.45, 7) is 4.46. The maximum absolute atomic E-state index is 12.3. The van der Waals surface area contributed by atoms with Crippen LogP contribution >= 0.6 is 12.4 Å². The predicted octanol–water partition coefficient (Wildman–Crippen LogP) is 2.91. The summed E-state index contributed by atoms with van der Waals surface area (Å²) >= 11 is 0. The minimum absolute atomic E-state index is 0. The second-order valence-electron chi connectivity index (χ2n) is 6.81. The molecule has 0 spiro atoms. The van der Waals surface area contributed by atoms with Gasteiger partial charge in [-0.2, -0.15) is 5.26 Å². The number of nitrogens with zero attached hydrogens (tertiary/aromatic N) is 4. The van der Waals surface area contributed by atoms with Crippen molar-refractivity contribution in [2.24, 2.45) is 0 Å². The number of amides is 1. The molecule has 0 radical (unpaired) electrons. The molecule has 3 aliphatic heterocycles. The standard InChI is InChI=1S/C20H21N5O.ClH/c21-13-15-1-3-16(4-2-15)20(26)23-17-5-6-19(22-14-17)25-12-11-24-9-7-18(25)8-10-24;/h1-6,14,18H,7-12H2,(H,23,26);1H. The van der Waals surface area contributed by atoms with Gasteiger partial charge in [0.25, 0.3) is 5.91 Å². The van der Waals surface area contributed by atoms with Crippen molar-refractivity contribution in [2.45, 2.75) is 18.9 Å². The topological polar surface area (TPSA) is 72.3 Å². The van der Waals surface area contributed by atoms with E-state index in [0.717, 1.165) is 18.9 Å². The Hall–Kier alpha value is -2.62. The Kier molecular flexibility index (Phi) is 5.94. The van der Waals surface area contributed by atoms with E-state index in [0.29, 0.717) is 22.9 Å². The number of piperidine rings is 1. The first kappa shape index (κ1) is 19.2. The van der Waals surface area contributed by atoms with E-state index >= 15 is 0 Å². The largest absolute Gasteiger partial charge is 0.352 e. The molecule has 4 heterocycles. The molecule has 2 aromatic rings. The van der Waals surface area contributed by atoms with E-state index in [1.807, 2.05) is 18.2 Å². The Morgan fingerprint density at radius 3 is 2.44 bits per heavy atom. The summed E-state index contributed by atoms with van der Waals surface area (Å²) < 4.78 is 0. The van der Waals surface area contributed by atoms with E-state index in [1.165, 1.54) is 25.9 Å². The van der Waals surface area contributed by atoms with E-state index in [1.54, 1.807) is 30.5 Å². The molecule has 140 valence electrons. The first-order chi connectivity index (χ1) is 12.7. The zero-order valence-corrected chi connectivity index (χ0v) is 15.8. The van der Waals surface area contributed by atoms with Gasteiger partial charge in [-0.05, 0) is 49.2 Å². The van der Waals surface area contributed by atoms with Gasteiger partial charge in [0.05, 0.1) is 23.5 Å². The van der Waals surface area contributed by atoms with Crippen LogP contribution in [0.25, 0.3) is 0 Å². The number of fused-ring (bicyclic) bond motifs is 4. The van der Waals surface area contributed by atoms with Gasteiger partial charge in [-0.25, -0.2) is 4.98 Å². The van der Waals surface area contributed by atoms with E-state index < -0.39 is 0 Å². The van der Waals surface area contributed by atoms with Gasteiger partial charge in [0.2, 0.25) is 0 Å². The predicted molar refractivity (Wildman–Crippen MR) is 107 cm³/mol. The van der Waals surface area contributed by atoms with Gasteiger partial charge in [0.15, 0.2) is 0 Å². The number of carbonyl (C=O) groups is 1. The molecule has 0 atom stereocenters. The molecule has 27 heavy (non-hydrogen) atoms. The molecular formula is C20H22ClN5O. The second kappa shape index (κ2) is 8.38. The highest BCUT2D eigenvalue weighted by molar-refractivity contribution is 6.04. The summed E-state index contributed by atoms with van der Waals surface area (Å²) in [5.74, 6) is 0.778. The first-order valence-electron chi connectivity index (χ1n) is 8.99. The van der Waals surface area contributed by atoms with Crippen molar-refractivity contribution in [3.8, 4) is 6.07 Å². The molecule has 6 nitrogen and oxygen atoms in total. The van der Waals surface area contributed by atoms with E-state index in [2.05, 4.69) is 20.1 Å². The Morgan fingerprint density at radius 2 is 1.81 bits per heavy atom. The maximum atomic E-state index is 12.3. The number of rotatable bonds is 3. The van der Waals surface area contributed by atoms with E-state index in [-0.39, 0.29) is 18.3 Å². The van der Waals surface area contributed by atoms with E-state index in [9.17, 15) is 4.79 Å². The number of halogens is 1. The Morgan fingerprint density at radius 1 is 1.07 bits per heavy atom. The summed E-state index contributed by atoms with van der Waals surface area (Å²) in [4.78, 5) is 21.8. The molecule has 1 aromatic carbocycles. The normalized spacial score (nSPS) is 20.9. The molecule has 1 N–H and O–H groups in total. The smallest absolute Gasteiger partial charge is 0.255 e. The number of pyridine rings is 1. The van der Waals surface area contributed by atoms with Gasteiger partial charge in [-0.15, -0.1) is 12.4 Å². The lowest BCUT2D eigenvalue weighted by atomic mass is 10.1. The number of hydrogen-bond donors (Lipinski definition) is 1. The minimum Gasteiger partial charge on any atom is -0.352 e. The molecule has 1 amide bonds. The van der Waals surface area contributed by atoms with Crippen molar-refractivity contribution in [1.82, 2.24) is 9.88 Å². The lowest BCUT2D eigenvalue weighted by Gasteiger charge is -2.32. The zero-order valence-electron chi connectivity index (χ0n) is 15.0. The Balaban J connectivity index is 0.00000210.